The van der Waals surface area contributed by atoms with Crippen molar-refractivity contribution in [3.63, 3.8) is 0 Å². The number of aromatic nitrogens is 1. The Balaban J connectivity index is 2.69. The first-order valence-electron chi connectivity index (χ1n) is 6.55. The van der Waals surface area contributed by atoms with E-state index in [0.717, 1.165) is 31.5 Å². The van der Waals surface area contributed by atoms with Gasteiger partial charge in [-0.2, -0.15) is 13.2 Å². The van der Waals surface area contributed by atoms with Gasteiger partial charge in [-0.1, -0.05) is 11.6 Å². The predicted octanol–water partition coefficient (Wildman–Crippen LogP) is 3.24. The number of halogens is 5. The van der Waals surface area contributed by atoms with Crippen molar-refractivity contribution in [2.45, 2.75) is 6.18 Å². The Labute approximate surface area is 144 Å². The zero-order valence-corrected chi connectivity index (χ0v) is 14.4. The van der Waals surface area contributed by atoms with Crippen molar-refractivity contribution in [3.05, 3.63) is 51.2 Å². The van der Waals surface area contributed by atoms with Crippen LogP contribution in [0.1, 0.15) is 5.69 Å². The molecule has 0 radical (unpaired) electrons. The quantitative estimate of drug-likeness (QED) is 0.807. The van der Waals surface area contributed by atoms with Crippen LogP contribution in [-0.2, 0) is 23.2 Å². The van der Waals surface area contributed by atoms with Gasteiger partial charge in [0.1, 0.15) is 11.5 Å². The minimum absolute atomic E-state index is 0.206. The summed E-state index contributed by atoms with van der Waals surface area (Å²) in [5, 5.41) is -0.268. The Bertz CT molecular complexity index is 1000. The number of pyridine rings is 1. The van der Waals surface area contributed by atoms with E-state index in [4.69, 9.17) is 11.6 Å². The molecule has 5 nitrogen and oxygen atoms in total. The first-order valence-corrected chi connectivity index (χ1v) is 8.82. The summed E-state index contributed by atoms with van der Waals surface area (Å²) in [5.74, 6) is -0.985. The third-order valence-electron chi connectivity index (χ3n) is 3.24. The summed E-state index contributed by atoms with van der Waals surface area (Å²) in [6, 6.07) is 3.17. The SMILES string of the molecule is Cn1c(C(F)(F)F)ccc(-c2cc(NS(C)(=O)=O)c(Cl)cc2F)c1=O. The van der Waals surface area contributed by atoms with Crippen LogP contribution < -0.4 is 10.3 Å². The maximum Gasteiger partial charge on any atom is 0.431 e. The molecule has 0 amide bonds. The van der Waals surface area contributed by atoms with Crippen LogP contribution in [0.4, 0.5) is 23.2 Å². The van der Waals surface area contributed by atoms with Crippen molar-refractivity contribution in [1.82, 2.24) is 4.57 Å². The van der Waals surface area contributed by atoms with E-state index in [1.165, 1.54) is 0 Å². The van der Waals surface area contributed by atoms with Gasteiger partial charge in [0.2, 0.25) is 10.0 Å². The Morgan fingerprint density at radius 3 is 2.28 bits per heavy atom. The average molecular weight is 399 g/mol. The molecule has 0 saturated carbocycles. The van der Waals surface area contributed by atoms with Crippen LogP contribution in [0.5, 0.6) is 0 Å². The molecule has 1 aromatic heterocycles. The molecule has 0 unspecified atom stereocenters. The van der Waals surface area contributed by atoms with Crippen LogP contribution in [0, 0.1) is 5.82 Å². The minimum Gasteiger partial charge on any atom is -0.307 e. The summed E-state index contributed by atoms with van der Waals surface area (Å²) in [4.78, 5) is 12.2. The number of hydrogen-bond acceptors (Lipinski definition) is 3. The van der Waals surface area contributed by atoms with E-state index in [0.29, 0.717) is 10.6 Å². The number of sulfonamides is 1. The highest BCUT2D eigenvalue weighted by Crippen LogP contribution is 2.33. The molecule has 0 bridgehead atoms. The number of nitrogens with zero attached hydrogens (tertiary/aromatic N) is 1. The van der Waals surface area contributed by atoms with Gasteiger partial charge in [-0.15, -0.1) is 0 Å². The molecule has 2 rings (SSSR count). The molecule has 1 N–H and O–H groups in total. The third-order valence-corrected chi connectivity index (χ3v) is 4.14. The van der Waals surface area contributed by atoms with Gasteiger partial charge < -0.3 is 4.57 Å². The van der Waals surface area contributed by atoms with Crippen LogP contribution in [0.15, 0.2) is 29.1 Å². The molecule has 0 atom stereocenters. The van der Waals surface area contributed by atoms with E-state index in [1.807, 2.05) is 4.72 Å². The molecule has 0 saturated heterocycles. The highest BCUT2D eigenvalue weighted by Gasteiger charge is 2.34. The van der Waals surface area contributed by atoms with Crippen molar-refractivity contribution in [3.8, 4) is 11.1 Å². The summed E-state index contributed by atoms with van der Waals surface area (Å²) in [7, 11) is -2.84. The summed E-state index contributed by atoms with van der Waals surface area (Å²) < 4.78 is 77.6. The van der Waals surface area contributed by atoms with Crippen molar-refractivity contribution in [2.75, 3.05) is 11.0 Å². The standard InChI is InChI=1S/C14H11ClF4N2O3S/c1-21-12(14(17,18)19)4-3-7(13(21)22)8-5-11(20-25(2,23)24)9(15)6-10(8)16/h3-6,20H,1-2H3. The highest BCUT2D eigenvalue weighted by molar-refractivity contribution is 7.92. The van der Waals surface area contributed by atoms with Crippen LogP contribution in [-0.4, -0.2) is 19.2 Å². The fourth-order valence-electron chi connectivity index (χ4n) is 2.16. The van der Waals surface area contributed by atoms with Gasteiger partial charge >= 0.3 is 6.18 Å². The zero-order valence-electron chi connectivity index (χ0n) is 12.8. The number of benzene rings is 1. The first kappa shape index (κ1) is 19.3. The molecule has 0 aliphatic rings. The Morgan fingerprint density at radius 1 is 1.16 bits per heavy atom. The summed E-state index contributed by atoms with van der Waals surface area (Å²) >= 11 is 5.75. The van der Waals surface area contributed by atoms with Crippen LogP contribution >= 0.6 is 11.6 Å². The number of anilines is 1. The van der Waals surface area contributed by atoms with E-state index >= 15 is 0 Å². The molecule has 1 heterocycles. The third kappa shape index (κ3) is 4.13. The summed E-state index contributed by atoms with van der Waals surface area (Å²) in [6.45, 7) is 0. The number of rotatable bonds is 3. The number of nitrogens with one attached hydrogen (secondary N) is 1. The van der Waals surface area contributed by atoms with E-state index in [-0.39, 0.29) is 21.8 Å². The molecule has 0 fully saturated rings. The van der Waals surface area contributed by atoms with Gasteiger partial charge in [0.25, 0.3) is 5.56 Å². The molecule has 1 aromatic carbocycles. The van der Waals surface area contributed by atoms with E-state index in [1.54, 1.807) is 0 Å². The van der Waals surface area contributed by atoms with Crippen molar-refractivity contribution < 1.29 is 26.0 Å². The van der Waals surface area contributed by atoms with Crippen molar-refractivity contribution in [2.24, 2.45) is 7.05 Å². The largest absolute Gasteiger partial charge is 0.431 e. The second-order valence-corrected chi connectivity index (χ2v) is 7.34. The molecule has 0 spiro atoms. The Morgan fingerprint density at radius 2 is 1.76 bits per heavy atom. The average Bonchev–Trinajstić information content (AvgIpc) is 2.42. The van der Waals surface area contributed by atoms with Crippen molar-refractivity contribution >= 4 is 27.3 Å². The Hall–Kier alpha value is -2.07. The molecular weight excluding hydrogens is 388 g/mol. The smallest absolute Gasteiger partial charge is 0.307 e. The number of hydrogen-bond donors (Lipinski definition) is 1. The monoisotopic (exact) mass is 398 g/mol. The van der Waals surface area contributed by atoms with Gasteiger partial charge in [-0.3, -0.25) is 9.52 Å². The van der Waals surface area contributed by atoms with E-state index in [9.17, 15) is 30.8 Å². The molecule has 136 valence electrons. The zero-order chi connectivity index (χ0) is 19.2. The van der Waals surface area contributed by atoms with Crippen LogP contribution in [0.2, 0.25) is 5.02 Å². The topological polar surface area (TPSA) is 68.2 Å². The lowest BCUT2D eigenvalue weighted by molar-refractivity contribution is -0.143. The molecule has 11 heteroatoms. The lowest BCUT2D eigenvalue weighted by Crippen LogP contribution is -2.26. The Kier molecular flexibility index (Phi) is 4.88. The normalized spacial score (nSPS) is 12.3. The molecule has 0 aliphatic heterocycles. The lowest BCUT2D eigenvalue weighted by atomic mass is 10.1. The molecular formula is C14H11ClF4N2O3S. The molecule has 0 aliphatic carbocycles. The first-order chi connectivity index (χ1) is 11.3. The second kappa shape index (κ2) is 6.34. The van der Waals surface area contributed by atoms with Crippen LogP contribution in [0.25, 0.3) is 11.1 Å². The molecule has 25 heavy (non-hydrogen) atoms. The second-order valence-electron chi connectivity index (χ2n) is 5.18. The van der Waals surface area contributed by atoms with E-state index < -0.39 is 33.3 Å². The van der Waals surface area contributed by atoms with Gasteiger partial charge in [0.15, 0.2) is 0 Å². The van der Waals surface area contributed by atoms with E-state index in [2.05, 4.69) is 0 Å². The van der Waals surface area contributed by atoms with Gasteiger partial charge in [-0.05, 0) is 24.3 Å². The van der Waals surface area contributed by atoms with Gasteiger partial charge in [0.05, 0.1) is 22.5 Å². The fourth-order valence-corrected chi connectivity index (χ4v) is 2.98. The molecule has 2 aromatic rings. The summed E-state index contributed by atoms with van der Waals surface area (Å²) in [6.07, 6.45) is -3.92. The number of alkyl halides is 3. The van der Waals surface area contributed by atoms with Gasteiger partial charge in [0, 0.05) is 12.6 Å². The van der Waals surface area contributed by atoms with Crippen molar-refractivity contribution in [1.29, 1.82) is 0 Å². The predicted molar refractivity (Wildman–Crippen MR) is 85.6 cm³/mol. The maximum atomic E-state index is 14.2. The fraction of sp³-hybridized carbons (Fsp3) is 0.214. The minimum atomic E-state index is -4.76. The van der Waals surface area contributed by atoms with Gasteiger partial charge in [-0.25, -0.2) is 12.8 Å². The summed E-state index contributed by atoms with van der Waals surface area (Å²) in [5.41, 5.74) is -3.26. The maximum absolute atomic E-state index is 14.2. The highest BCUT2D eigenvalue weighted by atomic mass is 35.5. The van der Waals surface area contributed by atoms with Crippen LogP contribution in [0.3, 0.4) is 0 Å². The lowest BCUT2D eigenvalue weighted by Gasteiger charge is -2.14.